The molecule has 1 aromatic carbocycles. The fourth-order valence-electron chi connectivity index (χ4n) is 3.11. The van der Waals surface area contributed by atoms with E-state index in [0.29, 0.717) is 26.5 Å². The number of hydrogen-bond donors (Lipinski definition) is 1. The molecule has 0 aliphatic heterocycles. The fraction of sp³-hybridized carbons (Fsp3) is 0.600. The van der Waals surface area contributed by atoms with Gasteiger partial charge in [0.25, 0.3) is 0 Å². The van der Waals surface area contributed by atoms with Crippen molar-refractivity contribution >= 4 is 31.6 Å². The van der Waals surface area contributed by atoms with Gasteiger partial charge < -0.3 is 5.73 Å². The van der Waals surface area contributed by atoms with Gasteiger partial charge in [-0.1, -0.05) is 35.7 Å². The molecule has 2 N–H and O–H groups in total. The first kappa shape index (κ1) is 16.8. The number of rotatable bonds is 3. The predicted molar refractivity (Wildman–Crippen MR) is 89.7 cm³/mol. The van der Waals surface area contributed by atoms with Crippen molar-refractivity contribution in [2.24, 2.45) is 5.92 Å². The zero-order valence-corrected chi connectivity index (χ0v) is 15.2. The molecule has 118 valence electrons. The number of halogens is 1. The van der Waals surface area contributed by atoms with Crippen molar-refractivity contribution < 1.29 is 8.42 Å². The molecule has 0 saturated heterocycles. The quantitative estimate of drug-likeness (QED) is 0.822. The first-order chi connectivity index (χ1) is 9.75. The first-order valence-electron chi connectivity index (χ1n) is 7.28. The van der Waals surface area contributed by atoms with Crippen LogP contribution in [0.25, 0.3) is 0 Å². The molecule has 0 amide bonds. The Labute approximate surface area is 135 Å². The summed E-state index contributed by atoms with van der Waals surface area (Å²) in [5, 5.41) is 0. The van der Waals surface area contributed by atoms with Gasteiger partial charge in [-0.25, -0.2) is 8.42 Å². The standard InChI is InChI=1S/C15H23BrN2O2S/c1-10-6-4-5-7-14(10)18(3)21(19,20)15-9-12(16)8-13(17)11(15)2/h8-10,14H,4-7,17H2,1-3H3. The molecule has 0 heterocycles. The van der Waals surface area contributed by atoms with E-state index >= 15 is 0 Å². The summed E-state index contributed by atoms with van der Waals surface area (Å²) in [6, 6.07) is 3.45. The number of benzene rings is 1. The van der Waals surface area contributed by atoms with E-state index in [1.165, 1.54) is 6.42 Å². The van der Waals surface area contributed by atoms with Crippen molar-refractivity contribution in [3.63, 3.8) is 0 Å². The maximum atomic E-state index is 13.0. The number of sulfonamides is 1. The van der Waals surface area contributed by atoms with Crippen LogP contribution in [-0.4, -0.2) is 25.8 Å². The van der Waals surface area contributed by atoms with E-state index in [1.54, 1.807) is 30.4 Å². The van der Waals surface area contributed by atoms with Crippen LogP contribution in [0.1, 0.15) is 38.2 Å². The summed E-state index contributed by atoms with van der Waals surface area (Å²) >= 11 is 3.33. The highest BCUT2D eigenvalue weighted by Crippen LogP contribution is 2.33. The molecule has 0 spiro atoms. The smallest absolute Gasteiger partial charge is 0.243 e. The van der Waals surface area contributed by atoms with Gasteiger partial charge in [-0.2, -0.15) is 4.31 Å². The molecule has 1 fully saturated rings. The third kappa shape index (κ3) is 3.27. The number of nitrogens with two attached hydrogens (primary N) is 1. The third-order valence-electron chi connectivity index (χ3n) is 4.56. The van der Waals surface area contributed by atoms with E-state index < -0.39 is 10.0 Å². The molecule has 1 saturated carbocycles. The summed E-state index contributed by atoms with van der Waals surface area (Å²) in [6.07, 6.45) is 4.30. The van der Waals surface area contributed by atoms with Crippen molar-refractivity contribution in [2.45, 2.75) is 50.5 Å². The second-order valence-electron chi connectivity index (χ2n) is 5.97. The maximum absolute atomic E-state index is 13.0. The first-order valence-corrected chi connectivity index (χ1v) is 9.52. The van der Waals surface area contributed by atoms with Gasteiger partial charge >= 0.3 is 0 Å². The Balaban J connectivity index is 2.42. The van der Waals surface area contributed by atoms with Gasteiger partial charge in [-0.15, -0.1) is 0 Å². The summed E-state index contributed by atoms with van der Waals surface area (Å²) in [7, 11) is -1.83. The molecular weight excluding hydrogens is 352 g/mol. The Morgan fingerprint density at radius 1 is 1.29 bits per heavy atom. The second-order valence-corrected chi connectivity index (χ2v) is 8.85. The summed E-state index contributed by atoms with van der Waals surface area (Å²) in [6.45, 7) is 3.89. The maximum Gasteiger partial charge on any atom is 0.243 e. The topological polar surface area (TPSA) is 63.4 Å². The molecule has 4 nitrogen and oxygen atoms in total. The zero-order chi connectivity index (χ0) is 15.8. The SMILES string of the molecule is Cc1c(N)cc(Br)cc1S(=O)(=O)N(C)C1CCCCC1C. The van der Waals surface area contributed by atoms with Crippen LogP contribution in [0.4, 0.5) is 5.69 Å². The molecular formula is C15H23BrN2O2S. The predicted octanol–water partition coefficient (Wildman–Crippen LogP) is 3.54. The highest BCUT2D eigenvalue weighted by Gasteiger charge is 2.34. The van der Waals surface area contributed by atoms with Crippen molar-refractivity contribution in [2.75, 3.05) is 12.8 Å². The van der Waals surface area contributed by atoms with Gasteiger partial charge in [0.2, 0.25) is 10.0 Å². The van der Waals surface area contributed by atoms with Crippen molar-refractivity contribution in [1.29, 1.82) is 0 Å². The highest BCUT2D eigenvalue weighted by molar-refractivity contribution is 9.10. The summed E-state index contributed by atoms with van der Waals surface area (Å²) in [5.74, 6) is 0.392. The lowest BCUT2D eigenvalue weighted by Crippen LogP contribution is -2.42. The van der Waals surface area contributed by atoms with Crippen molar-refractivity contribution in [3.05, 3.63) is 22.2 Å². The Kier molecular flexibility index (Phi) is 5.00. The molecule has 1 aliphatic carbocycles. The monoisotopic (exact) mass is 374 g/mol. The molecule has 6 heteroatoms. The Bertz CT molecular complexity index is 631. The minimum atomic E-state index is -3.52. The van der Waals surface area contributed by atoms with Crippen LogP contribution >= 0.6 is 15.9 Å². The molecule has 2 rings (SSSR count). The van der Waals surface area contributed by atoms with Gasteiger partial charge in [0, 0.05) is 23.2 Å². The van der Waals surface area contributed by atoms with Gasteiger partial charge in [0.1, 0.15) is 0 Å². The van der Waals surface area contributed by atoms with E-state index in [9.17, 15) is 8.42 Å². The third-order valence-corrected chi connectivity index (χ3v) is 7.02. The van der Waals surface area contributed by atoms with Gasteiger partial charge in [-0.3, -0.25) is 0 Å². The molecule has 21 heavy (non-hydrogen) atoms. The average molecular weight is 375 g/mol. The lowest BCUT2D eigenvalue weighted by molar-refractivity contribution is 0.213. The summed E-state index contributed by atoms with van der Waals surface area (Å²) in [4.78, 5) is 0.301. The zero-order valence-electron chi connectivity index (χ0n) is 12.8. The van der Waals surface area contributed by atoms with Crippen molar-refractivity contribution in [1.82, 2.24) is 4.31 Å². The number of anilines is 1. The number of nitrogen functional groups attached to an aromatic ring is 1. The number of hydrogen-bond acceptors (Lipinski definition) is 3. The minimum absolute atomic E-state index is 0.0726. The average Bonchev–Trinajstić information content (AvgIpc) is 2.42. The van der Waals surface area contributed by atoms with E-state index in [-0.39, 0.29) is 6.04 Å². The number of nitrogens with zero attached hydrogens (tertiary/aromatic N) is 1. The van der Waals surface area contributed by atoms with E-state index in [4.69, 9.17) is 5.73 Å². The minimum Gasteiger partial charge on any atom is -0.398 e. The van der Waals surface area contributed by atoms with Crippen molar-refractivity contribution in [3.8, 4) is 0 Å². The van der Waals surface area contributed by atoms with Crippen LogP contribution in [0.2, 0.25) is 0 Å². The molecule has 1 aliphatic rings. The Morgan fingerprint density at radius 2 is 1.90 bits per heavy atom. The van der Waals surface area contributed by atoms with Crippen LogP contribution in [-0.2, 0) is 10.0 Å². The molecule has 1 aromatic rings. The van der Waals surface area contributed by atoms with E-state index in [1.807, 2.05) is 0 Å². The van der Waals surface area contributed by atoms with Crippen LogP contribution in [0.3, 0.4) is 0 Å². The van der Waals surface area contributed by atoms with Gasteiger partial charge in [0.15, 0.2) is 0 Å². The van der Waals surface area contributed by atoms with Gasteiger partial charge in [-0.05, 0) is 43.4 Å². The summed E-state index contributed by atoms with van der Waals surface area (Å²) < 4.78 is 28.1. The molecule has 0 radical (unpaired) electrons. The van der Waals surface area contributed by atoms with Crippen LogP contribution in [0.5, 0.6) is 0 Å². The fourth-order valence-corrected chi connectivity index (χ4v) is 5.50. The van der Waals surface area contributed by atoms with Crippen LogP contribution in [0.15, 0.2) is 21.5 Å². The van der Waals surface area contributed by atoms with E-state index in [0.717, 1.165) is 19.3 Å². The van der Waals surface area contributed by atoms with Gasteiger partial charge in [0.05, 0.1) is 4.90 Å². The lowest BCUT2D eigenvalue weighted by atomic mass is 9.86. The molecule has 2 unspecified atom stereocenters. The highest BCUT2D eigenvalue weighted by atomic mass is 79.9. The van der Waals surface area contributed by atoms with Crippen LogP contribution < -0.4 is 5.73 Å². The van der Waals surface area contributed by atoms with E-state index in [2.05, 4.69) is 22.9 Å². The molecule has 0 bridgehead atoms. The van der Waals surface area contributed by atoms with Crippen LogP contribution in [0, 0.1) is 12.8 Å². The Hall–Kier alpha value is -0.590. The molecule has 0 aromatic heterocycles. The largest absolute Gasteiger partial charge is 0.398 e. The molecule has 2 atom stereocenters. The normalized spacial score (nSPS) is 23.5. The Morgan fingerprint density at radius 3 is 2.52 bits per heavy atom. The second kappa shape index (κ2) is 6.26. The summed E-state index contributed by atoms with van der Waals surface area (Å²) in [5.41, 5.74) is 7.02. The lowest BCUT2D eigenvalue weighted by Gasteiger charge is -2.35.